The summed E-state index contributed by atoms with van der Waals surface area (Å²) in [5.41, 5.74) is 5.74. The third-order valence-corrected chi connectivity index (χ3v) is 1.82. The van der Waals surface area contributed by atoms with Crippen LogP contribution < -0.4 is 10.5 Å². The zero-order valence-corrected chi connectivity index (χ0v) is 9.03. The lowest BCUT2D eigenvalue weighted by Gasteiger charge is -2.10. The van der Waals surface area contributed by atoms with E-state index in [1.54, 1.807) is 18.3 Å². The Hall–Kier alpha value is -1.62. The molecule has 1 aromatic rings. The van der Waals surface area contributed by atoms with Gasteiger partial charge in [0.1, 0.15) is 23.9 Å². The van der Waals surface area contributed by atoms with Gasteiger partial charge < -0.3 is 15.4 Å². The number of pyridine rings is 1. The molecule has 0 aliphatic heterocycles. The van der Waals surface area contributed by atoms with E-state index < -0.39 is 0 Å². The van der Waals surface area contributed by atoms with Crippen molar-refractivity contribution in [2.45, 2.75) is 0 Å². The Kier molecular flexibility index (Phi) is 4.05. The van der Waals surface area contributed by atoms with Crippen molar-refractivity contribution in [3.8, 4) is 5.75 Å². The van der Waals surface area contributed by atoms with E-state index in [4.69, 9.17) is 15.9 Å². The molecule has 15 heavy (non-hydrogen) atoms. The molecule has 1 rings (SSSR count). The number of ether oxygens (including phenoxy) is 1. The molecule has 0 radical (unpaired) electrons. The van der Waals surface area contributed by atoms with Gasteiger partial charge in [0.05, 0.1) is 6.20 Å². The van der Waals surface area contributed by atoms with E-state index in [-0.39, 0.29) is 5.84 Å². The van der Waals surface area contributed by atoms with Crippen molar-refractivity contribution in [3.63, 3.8) is 0 Å². The van der Waals surface area contributed by atoms with Crippen LogP contribution in [0.2, 0.25) is 0 Å². The quantitative estimate of drug-likeness (QED) is 0.539. The van der Waals surface area contributed by atoms with Crippen LogP contribution in [-0.4, -0.2) is 43.0 Å². The van der Waals surface area contributed by atoms with Crippen molar-refractivity contribution in [1.82, 2.24) is 9.88 Å². The van der Waals surface area contributed by atoms with Crippen LogP contribution in [0, 0.1) is 5.41 Å². The van der Waals surface area contributed by atoms with Gasteiger partial charge in [-0.3, -0.25) is 5.41 Å². The number of hydrogen-bond donors (Lipinski definition) is 2. The van der Waals surface area contributed by atoms with Crippen LogP contribution in [0.25, 0.3) is 0 Å². The zero-order chi connectivity index (χ0) is 11.3. The van der Waals surface area contributed by atoms with E-state index in [0.29, 0.717) is 18.1 Å². The number of nitrogens with two attached hydrogens (primary N) is 1. The van der Waals surface area contributed by atoms with Crippen molar-refractivity contribution >= 4 is 5.84 Å². The second-order valence-electron chi connectivity index (χ2n) is 3.44. The Bertz CT molecular complexity index is 321. The SMILES string of the molecule is CN(C)CCOc1ccc(C(=N)N)nc1. The Labute approximate surface area is 89.4 Å². The minimum Gasteiger partial charge on any atom is -0.491 e. The molecule has 0 spiro atoms. The number of aromatic nitrogens is 1. The van der Waals surface area contributed by atoms with E-state index in [1.807, 2.05) is 19.0 Å². The van der Waals surface area contributed by atoms with Crippen LogP contribution in [0.15, 0.2) is 18.3 Å². The molecule has 0 bridgehead atoms. The monoisotopic (exact) mass is 208 g/mol. The summed E-state index contributed by atoms with van der Waals surface area (Å²) in [6.45, 7) is 1.47. The molecule has 0 saturated carbocycles. The highest BCUT2D eigenvalue weighted by Crippen LogP contribution is 2.08. The predicted molar refractivity (Wildman–Crippen MR) is 59.3 cm³/mol. The fraction of sp³-hybridized carbons (Fsp3) is 0.400. The molecule has 0 aliphatic carbocycles. The normalized spacial score (nSPS) is 10.3. The first-order valence-electron chi connectivity index (χ1n) is 4.67. The van der Waals surface area contributed by atoms with Gasteiger partial charge in [0, 0.05) is 6.54 Å². The van der Waals surface area contributed by atoms with Gasteiger partial charge in [0.2, 0.25) is 0 Å². The molecule has 0 unspecified atom stereocenters. The topological polar surface area (TPSA) is 75.2 Å². The Morgan fingerprint density at radius 2 is 2.27 bits per heavy atom. The fourth-order valence-corrected chi connectivity index (χ4v) is 0.971. The molecular formula is C10H16N4O. The summed E-state index contributed by atoms with van der Waals surface area (Å²) >= 11 is 0. The van der Waals surface area contributed by atoms with E-state index in [2.05, 4.69) is 4.98 Å². The number of amidine groups is 1. The molecule has 3 N–H and O–H groups in total. The summed E-state index contributed by atoms with van der Waals surface area (Å²) < 4.78 is 5.44. The number of nitrogen functional groups attached to an aromatic ring is 1. The summed E-state index contributed by atoms with van der Waals surface area (Å²) in [5.74, 6) is 0.664. The molecule has 0 atom stereocenters. The average Bonchev–Trinajstić information content (AvgIpc) is 2.18. The summed E-state index contributed by atoms with van der Waals surface area (Å²) in [5, 5.41) is 7.17. The third-order valence-electron chi connectivity index (χ3n) is 1.82. The molecule has 5 nitrogen and oxygen atoms in total. The Balaban J connectivity index is 2.46. The van der Waals surface area contributed by atoms with Gasteiger partial charge in [-0.25, -0.2) is 4.98 Å². The van der Waals surface area contributed by atoms with E-state index in [9.17, 15) is 0 Å². The van der Waals surface area contributed by atoms with E-state index >= 15 is 0 Å². The van der Waals surface area contributed by atoms with Crippen molar-refractivity contribution < 1.29 is 4.74 Å². The van der Waals surface area contributed by atoms with Crippen LogP contribution in [0.1, 0.15) is 5.69 Å². The van der Waals surface area contributed by atoms with Gasteiger partial charge in [-0.05, 0) is 26.2 Å². The second kappa shape index (κ2) is 5.31. The third kappa shape index (κ3) is 3.95. The lowest BCUT2D eigenvalue weighted by Crippen LogP contribution is -2.19. The zero-order valence-electron chi connectivity index (χ0n) is 9.03. The molecule has 1 aromatic heterocycles. The molecule has 0 aromatic carbocycles. The Morgan fingerprint density at radius 1 is 1.53 bits per heavy atom. The minimum atomic E-state index is -0.0326. The maximum absolute atomic E-state index is 7.17. The highest BCUT2D eigenvalue weighted by Gasteiger charge is 1.99. The van der Waals surface area contributed by atoms with Crippen molar-refractivity contribution in [2.75, 3.05) is 27.2 Å². The standard InChI is InChI=1S/C10H16N4O/c1-14(2)5-6-15-8-3-4-9(10(11)12)13-7-8/h3-4,7H,5-6H2,1-2H3,(H3,11,12). The highest BCUT2D eigenvalue weighted by atomic mass is 16.5. The number of nitrogens with zero attached hydrogens (tertiary/aromatic N) is 2. The number of likely N-dealkylation sites (N-methyl/N-ethyl adjacent to an activating group) is 1. The van der Waals surface area contributed by atoms with Crippen molar-refractivity contribution in [2.24, 2.45) is 5.73 Å². The van der Waals surface area contributed by atoms with E-state index in [1.165, 1.54) is 0 Å². The average molecular weight is 208 g/mol. The summed E-state index contributed by atoms with van der Waals surface area (Å²) in [6, 6.07) is 3.44. The number of hydrogen-bond acceptors (Lipinski definition) is 4. The van der Waals surface area contributed by atoms with Gasteiger partial charge in [-0.15, -0.1) is 0 Å². The first-order chi connectivity index (χ1) is 7.09. The maximum Gasteiger partial charge on any atom is 0.141 e. The molecule has 0 saturated heterocycles. The van der Waals surface area contributed by atoms with Gasteiger partial charge in [0.15, 0.2) is 0 Å². The summed E-state index contributed by atoms with van der Waals surface area (Å²) in [4.78, 5) is 6.03. The van der Waals surface area contributed by atoms with Gasteiger partial charge in [0.25, 0.3) is 0 Å². The van der Waals surface area contributed by atoms with Crippen LogP contribution >= 0.6 is 0 Å². The van der Waals surface area contributed by atoms with Crippen LogP contribution in [0.3, 0.4) is 0 Å². The first kappa shape index (κ1) is 11.5. The van der Waals surface area contributed by atoms with Crippen LogP contribution in [-0.2, 0) is 0 Å². The van der Waals surface area contributed by atoms with Crippen LogP contribution in [0.5, 0.6) is 5.75 Å². The van der Waals surface area contributed by atoms with Gasteiger partial charge in [-0.2, -0.15) is 0 Å². The minimum absolute atomic E-state index is 0.0326. The predicted octanol–water partition coefficient (Wildman–Crippen LogP) is 0.306. The largest absolute Gasteiger partial charge is 0.491 e. The van der Waals surface area contributed by atoms with Gasteiger partial charge in [-0.1, -0.05) is 0 Å². The lowest BCUT2D eigenvalue weighted by molar-refractivity contribution is 0.260. The number of rotatable bonds is 5. The second-order valence-corrected chi connectivity index (χ2v) is 3.44. The van der Waals surface area contributed by atoms with Crippen LogP contribution in [0.4, 0.5) is 0 Å². The highest BCUT2D eigenvalue weighted by molar-refractivity contribution is 5.92. The molecule has 0 aliphatic rings. The summed E-state index contributed by atoms with van der Waals surface area (Å²) in [7, 11) is 3.97. The van der Waals surface area contributed by atoms with Crippen molar-refractivity contribution in [3.05, 3.63) is 24.0 Å². The molecule has 0 fully saturated rings. The molecule has 82 valence electrons. The number of nitrogens with one attached hydrogen (secondary N) is 1. The molecular weight excluding hydrogens is 192 g/mol. The summed E-state index contributed by atoms with van der Waals surface area (Å²) in [6.07, 6.45) is 1.58. The molecule has 0 amide bonds. The van der Waals surface area contributed by atoms with Gasteiger partial charge >= 0.3 is 0 Å². The molecule has 5 heteroatoms. The van der Waals surface area contributed by atoms with Crippen molar-refractivity contribution in [1.29, 1.82) is 5.41 Å². The maximum atomic E-state index is 7.17. The molecule has 1 heterocycles. The fourth-order valence-electron chi connectivity index (χ4n) is 0.971. The smallest absolute Gasteiger partial charge is 0.141 e. The van der Waals surface area contributed by atoms with E-state index in [0.717, 1.165) is 6.54 Å². The lowest BCUT2D eigenvalue weighted by atomic mass is 10.3. The first-order valence-corrected chi connectivity index (χ1v) is 4.67. The Morgan fingerprint density at radius 3 is 2.73 bits per heavy atom.